The highest BCUT2D eigenvalue weighted by Crippen LogP contribution is 2.25. The van der Waals surface area contributed by atoms with Crippen LogP contribution in [0.5, 0.6) is 0 Å². The number of hydrogen-bond donors (Lipinski definition) is 0. The Morgan fingerprint density at radius 1 is 0.879 bits per heavy atom. The molecule has 9 heteroatoms. The Hall–Kier alpha value is -2.66. The minimum absolute atomic E-state index is 0.137. The number of sulfonamides is 1. The summed E-state index contributed by atoms with van der Waals surface area (Å²) in [4.78, 5) is 17.1. The maximum atomic E-state index is 13.4. The van der Waals surface area contributed by atoms with Crippen LogP contribution in [0, 0.1) is 9.39 Å². The van der Waals surface area contributed by atoms with Crippen molar-refractivity contribution in [3.8, 4) is 0 Å². The lowest BCUT2D eigenvalue weighted by Gasteiger charge is -2.37. The van der Waals surface area contributed by atoms with Crippen LogP contribution in [0.25, 0.3) is 0 Å². The zero-order chi connectivity index (χ0) is 23.4. The molecule has 1 aliphatic rings. The molecule has 0 saturated carbocycles. The second kappa shape index (κ2) is 10.1. The van der Waals surface area contributed by atoms with E-state index >= 15 is 0 Å². The Morgan fingerprint density at radius 2 is 1.48 bits per heavy atom. The monoisotopic (exact) mass is 579 g/mol. The SMILES string of the molecule is O=C(CN(c1ccc(I)cc1)S(=O)(=O)c1ccccc1)N1CCN(c2ccc(F)cc2)CC1. The first-order valence-electron chi connectivity index (χ1n) is 10.5. The summed E-state index contributed by atoms with van der Waals surface area (Å²) in [5, 5.41) is 0. The number of halogens is 2. The Balaban J connectivity index is 1.51. The van der Waals surface area contributed by atoms with E-state index in [9.17, 15) is 17.6 Å². The highest BCUT2D eigenvalue weighted by Gasteiger charge is 2.30. The van der Waals surface area contributed by atoms with E-state index in [0.29, 0.717) is 31.9 Å². The molecule has 6 nitrogen and oxygen atoms in total. The van der Waals surface area contributed by atoms with Gasteiger partial charge < -0.3 is 9.80 Å². The number of benzene rings is 3. The average molecular weight is 579 g/mol. The van der Waals surface area contributed by atoms with Gasteiger partial charge in [0.15, 0.2) is 0 Å². The number of hydrogen-bond acceptors (Lipinski definition) is 4. The van der Waals surface area contributed by atoms with Crippen molar-refractivity contribution in [3.63, 3.8) is 0 Å². The van der Waals surface area contributed by atoms with Crippen LogP contribution in [0.15, 0.2) is 83.8 Å². The van der Waals surface area contributed by atoms with E-state index in [2.05, 4.69) is 27.5 Å². The molecule has 0 unspecified atom stereocenters. The van der Waals surface area contributed by atoms with E-state index in [1.54, 1.807) is 47.4 Å². The summed E-state index contributed by atoms with van der Waals surface area (Å²) in [5.41, 5.74) is 1.34. The van der Waals surface area contributed by atoms with Gasteiger partial charge in [-0.3, -0.25) is 9.10 Å². The van der Waals surface area contributed by atoms with Crippen molar-refractivity contribution in [1.82, 2.24) is 4.90 Å². The molecule has 0 radical (unpaired) electrons. The summed E-state index contributed by atoms with van der Waals surface area (Å²) in [5.74, 6) is -0.547. The third-order valence-electron chi connectivity index (χ3n) is 5.55. The lowest BCUT2D eigenvalue weighted by molar-refractivity contribution is -0.129. The first-order chi connectivity index (χ1) is 15.8. The van der Waals surface area contributed by atoms with Crippen LogP contribution in [0.3, 0.4) is 0 Å². The Labute approximate surface area is 206 Å². The van der Waals surface area contributed by atoms with Crippen molar-refractivity contribution in [2.45, 2.75) is 4.90 Å². The average Bonchev–Trinajstić information content (AvgIpc) is 2.84. The van der Waals surface area contributed by atoms with Gasteiger partial charge in [-0.15, -0.1) is 0 Å². The number of carbonyl (C=O) groups excluding carboxylic acids is 1. The number of anilines is 2. The summed E-state index contributed by atoms with van der Waals surface area (Å²) >= 11 is 2.15. The lowest BCUT2D eigenvalue weighted by atomic mass is 10.2. The van der Waals surface area contributed by atoms with Gasteiger partial charge in [-0.2, -0.15) is 0 Å². The topological polar surface area (TPSA) is 60.9 Å². The highest BCUT2D eigenvalue weighted by atomic mass is 127. The molecular formula is C24H23FIN3O3S. The van der Waals surface area contributed by atoms with Gasteiger partial charge in [0, 0.05) is 35.4 Å². The molecule has 172 valence electrons. The minimum atomic E-state index is -3.92. The van der Waals surface area contributed by atoms with Crippen LogP contribution in [0.2, 0.25) is 0 Å². The lowest BCUT2D eigenvalue weighted by Crippen LogP contribution is -2.52. The molecule has 4 rings (SSSR count). The maximum absolute atomic E-state index is 13.4. The molecule has 1 heterocycles. The van der Waals surface area contributed by atoms with Crippen molar-refractivity contribution in [2.75, 3.05) is 41.9 Å². The molecule has 3 aromatic rings. The summed E-state index contributed by atoms with van der Waals surface area (Å²) < 4.78 is 42.2. The minimum Gasteiger partial charge on any atom is -0.368 e. The summed E-state index contributed by atoms with van der Waals surface area (Å²) in [7, 11) is -3.92. The van der Waals surface area contributed by atoms with Gasteiger partial charge in [0.25, 0.3) is 10.0 Å². The molecule has 0 aromatic heterocycles. The van der Waals surface area contributed by atoms with Crippen molar-refractivity contribution in [3.05, 3.63) is 88.3 Å². The van der Waals surface area contributed by atoms with Crippen LogP contribution >= 0.6 is 22.6 Å². The van der Waals surface area contributed by atoms with Crippen LogP contribution in [-0.4, -0.2) is 51.9 Å². The zero-order valence-electron chi connectivity index (χ0n) is 17.8. The van der Waals surface area contributed by atoms with Crippen LogP contribution in [-0.2, 0) is 14.8 Å². The molecule has 1 amide bonds. The van der Waals surface area contributed by atoms with Gasteiger partial charge in [0.05, 0.1) is 10.6 Å². The molecule has 0 bridgehead atoms. The molecule has 1 aliphatic heterocycles. The quantitative estimate of drug-likeness (QED) is 0.415. The Bertz CT molecular complexity index is 1200. The molecule has 0 N–H and O–H groups in total. The third kappa shape index (κ3) is 5.47. The first kappa shape index (κ1) is 23.5. The second-order valence-electron chi connectivity index (χ2n) is 7.65. The fourth-order valence-electron chi connectivity index (χ4n) is 3.73. The van der Waals surface area contributed by atoms with E-state index in [-0.39, 0.29) is 23.2 Å². The Morgan fingerprint density at radius 3 is 2.09 bits per heavy atom. The van der Waals surface area contributed by atoms with E-state index in [4.69, 9.17) is 0 Å². The van der Waals surface area contributed by atoms with Gasteiger partial charge in [-0.05, 0) is 83.3 Å². The van der Waals surface area contributed by atoms with E-state index in [0.717, 1.165) is 9.26 Å². The number of amides is 1. The van der Waals surface area contributed by atoms with E-state index < -0.39 is 10.0 Å². The predicted molar refractivity (Wildman–Crippen MR) is 135 cm³/mol. The molecule has 3 aromatic carbocycles. The largest absolute Gasteiger partial charge is 0.368 e. The van der Waals surface area contributed by atoms with Crippen molar-refractivity contribution in [2.24, 2.45) is 0 Å². The number of carbonyl (C=O) groups is 1. The van der Waals surface area contributed by atoms with Gasteiger partial charge in [0.2, 0.25) is 5.91 Å². The number of rotatable bonds is 6. The molecule has 1 saturated heterocycles. The van der Waals surface area contributed by atoms with Gasteiger partial charge >= 0.3 is 0 Å². The standard InChI is InChI=1S/C24H23FIN3O3S/c25-19-6-10-21(11-7-19)27-14-16-28(17-15-27)24(30)18-29(22-12-8-20(26)9-13-22)33(31,32)23-4-2-1-3-5-23/h1-13H,14-18H2. The van der Waals surface area contributed by atoms with Crippen molar-refractivity contribution < 1.29 is 17.6 Å². The van der Waals surface area contributed by atoms with Crippen molar-refractivity contribution >= 4 is 49.9 Å². The smallest absolute Gasteiger partial charge is 0.264 e. The van der Waals surface area contributed by atoms with Crippen LogP contribution < -0.4 is 9.21 Å². The van der Waals surface area contributed by atoms with Gasteiger partial charge in [-0.25, -0.2) is 12.8 Å². The molecule has 0 aliphatic carbocycles. The normalized spacial score (nSPS) is 14.2. The van der Waals surface area contributed by atoms with Crippen LogP contribution in [0.4, 0.5) is 15.8 Å². The van der Waals surface area contributed by atoms with E-state index in [1.807, 2.05) is 12.1 Å². The molecule has 0 atom stereocenters. The van der Waals surface area contributed by atoms with Gasteiger partial charge in [0.1, 0.15) is 12.4 Å². The molecule has 33 heavy (non-hydrogen) atoms. The first-order valence-corrected chi connectivity index (χ1v) is 13.0. The summed E-state index contributed by atoms with van der Waals surface area (Å²) in [6.07, 6.45) is 0. The second-order valence-corrected chi connectivity index (χ2v) is 10.8. The van der Waals surface area contributed by atoms with Crippen LogP contribution in [0.1, 0.15) is 0 Å². The van der Waals surface area contributed by atoms with E-state index in [1.165, 1.54) is 28.6 Å². The number of piperazine rings is 1. The third-order valence-corrected chi connectivity index (χ3v) is 8.06. The fraction of sp³-hybridized carbons (Fsp3) is 0.208. The number of nitrogens with zero attached hydrogens (tertiary/aromatic N) is 3. The van der Waals surface area contributed by atoms with Gasteiger partial charge in [-0.1, -0.05) is 18.2 Å². The fourth-order valence-corrected chi connectivity index (χ4v) is 5.53. The molecule has 1 fully saturated rings. The highest BCUT2D eigenvalue weighted by molar-refractivity contribution is 14.1. The maximum Gasteiger partial charge on any atom is 0.264 e. The Kier molecular flexibility index (Phi) is 7.18. The predicted octanol–water partition coefficient (Wildman–Crippen LogP) is 3.97. The molecule has 0 spiro atoms. The summed E-state index contributed by atoms with van der Waals surface area (Å²) in [6, 6.07) is 21.5. The molecular weight excluding hydrogens is 556 g/mol. The zero-order valence-corrected chi connectivity index (χ0v) is 20.7. The summed E-state index contributed by atoms with van der Waals surface area (Å²) in [6.45, 7) is 1.82. The van der Waals surface area contributed by atoms with Crippen molar-refractivity contribution in [1.29, 1.82) is 0 Å².